The van der Waals surface area contributed by atoms with E-state index in [2.05, 4.69) is 18.3 Å². The van der Waals surface area contributed by atoms with Crippen molar-refractivity contribution in [3.05, 3.63) is 15.8 Å². The van der Waals surface area contributed by atoms with Gasteiger partial charge >= 0.3 is 0 Å². The number of hydrogen-bond donors (Lipinski definition) is 1. The van der Waals surface area contributed by atoms with E-state index in [0.717, 1.165) is 12.3 Å². The number of ether oxygens (including phenoxy) is 1. The summed E-state index contributed by atoms with van der Waals surface area (Å²) in [6.45, 7) is 4.42. The van der Waals surface area contributed by atoms with Crippen LogP contribution in [0.25, 0.3) is 0 Å². The van der Waals surface area contributed by atoms with Crippen LogP contribution in [-0.4, -0.2) is 20.2 Å². The largest absolute Gasteiger partial charge is 0.496 e. The number of nitrogens with one attached hydrogen (secondary N) is 1. The summed E-state index contributed by atoms with van der Waals surface area (Å²) in [5.41, 5.74) is 0. The van der Waals surface area contributed by atoms with E-state index in [4.69, 9.17) is 4.74 Å². The molecule has 1 fully saturated rings. The summed E-state index contributed by atoms with van der Waals surface area (Å²) in [6, 6.07) is 2.15. The topological polar surface area (TPSA) is 21.3 Å². The smallest absolute Gasteiger partial charge is 0.133 e. The lowest BCUT2D eigenvalue weighted by molar-refractivity contribution is 0.397. The van der Waals surface area contributed by atoms with Gasteiger partial charge in [0.05, 0.1) is 12.0 Å². The number of thiophene rings is 1. The van der Waals surface area contributed by atoms with Crippen molar-refractivity contribution in [2.24, 2.45) is 0 Å². The highest BCUT2D eigenvalue weighted by Gasteiger charge is 2.20. The van der Waals surface area contributed by atoms with Gasteiger partial charge in [-0.2, -0.15) is 0 Å². The molecule has 1 atom stereocenters. The lowest BCUT2D eigenvalue weighted by atomic mass is 9.97. The molecule has 0 saturated carbocycles. The first kappa shape index (κ1) is 9.99. The second kappa shape index (κ2) is 4.32. The van der Waals surface area contributed by atoms with Crippen LogP contribution in [0.2, 0.25) is 0 Å². The van der Waals surface area contributed by atoms with Crippen LogP contribution in [0, 0.1) is 6.92 Å². The zero-order valence-corrected chi connectivity index (χ0v) is 9.62. The summed E-state index contributed by atoms with van der Waals surface area (Å²) in [5, 5.41) is 3.44. The highest BCUT2D eigenvalue weighted by molar-refractivity contribution is 7.12. The second-order valence-corrected chi connectivity index (χ2v) is 5.12. The maximum atomic E-state index is 5.40. The quantitative estimate of drug-likeness (QED) is 0.811. The van der Waals surface area contributed by atoms with Gasteiger partial charge in [-0.1, -0.05) is 0 Å². The molecule has 1 unspecified atom stereocenters. The van der Waals surface area contributed by atoms with Crippen LogP contribution >= 0.6 is 11.3 Å². The van der Waals surface area contributed by atoms with Crippen molar-refractivity contribution >= 4 is 11.3 Å². The molecule has 0 aromatic carbocycles. The maximum absolute atomic E-state index is 5.40. The highest BCUT2D eigenvalue weighted by Crippen LogP contribution is 2.37. The fraction of sp³-hybridized carbons (Fsp3) is 0.636. The van der Waals surface area contributed by atoms with E-state index in [-0.39, 0.29) is 0 Å². The maximum Gasteiger partial charge on any atom is 0.133 e. The molecule has 3 heteroatoms. The molecule has 14 heavy (non-hydrogen) atoms. The summed E-state index contributed by atoms with van der Waals surface area (Å²) < 4.78 is 5.40. The molecule has 1 N–H and O–H groups in total. The Balaban J connectivity index is 2.20. The molecular formula is C11H17NOS. The van der Waals surface area contributed by atoms with E-state index in [1.807, 2.05) is 11.3 Å². The predicted molar refractivity (Wildman–Crippen MR) is 60.5 cm³/mol. The van der Waals surface area contributed by atoms with E-state index in [0.29, 0.717) is 5.92 Å². The van der Waals surface area contributed by atoms with E-state index in [9.17, 15) is 0 Å². The van der Waals surface area contributed by atoms with Crippen LogP contribution in [0.15, 0.2) is 6.07 Å². The van der Waals surface area contributed by atoms with E-state index < -0.39 is 0 Å². The molecule has 1 aliphatic heterocycles. The summed E-state index contributed by atoms with van der Waals surface area (Å²) in [4.78, 5) is 2.78. The molecule has 1 aliphatic rings. The van der Waals surface area contributed by atoms with Crippen molar-refractivity contribution in [2.45, 2.75) is 25.7 Å². The molecule has 0 radical (unpaired) electrons. The van der Waals surface area contributed by atoms with Crippen molar-refractivity contribution in [1.82, 2.24) is 5.32 Å². The Morgan fingerprint density at radius 1 is 1.57 bits per heavy atom. The van der Waals surface area contributed by atoms with Crippen LogP contribution in [0.4, 0.5) is 0 Å². The molecule has 1 saturated heterocycles. The van der Waals surface area contributed by atoms with Gasteiger partial charge in [-0.25, -0.2) is 0 Å². The Bertz CT molecular complexity index is 302. The van der Waals surface area contributed by atoms with E-state index in [1.165, 1.54) is 29.1 Å². The first-order valence-corrected chi connectivity index (χ1v) is 5.98. The molecule has 2 heterocycles. The van der Waals surface area contributed by atoms with Crippen LogP contribution in [0.3, 0.4) is 0 Å². The van der Waals surface area contributed by atoms with Gasteiger partial charge in [0.2, 0.25) is 0 Å². The number of aryl methyl sites for hydroxylation is 1. The van der Waals surface area contributed by atoms with Gasteiger partial charge in [0.25, 0.3) is 0 Å². The third-order valence-corrected chi connectivity index (χ3v) is 3.93. The van der Waals surface area contributed by atoms with E-state index >= 15 is 0 Å². The zero-order valence-electron chi connectivity index (χ0n) is 8.80. The summed E-state index contributed by atoms with van der Waals surface area (Å²) in [6.07, 6.45) is 2.58. The summed E-state index contributed by atoms with van der Waals surface area (Å²) in [5.74, 6) is 1.75. The van der Waals surface area contributed by atoms with Crippen molar-refractivity contribution < 1.29 is 4.74 Å². The molecule has 0 spiro atoms. The molecule has 2 rings (SSSR count). The molecular weight excluding hydrogens is 194 g/mol. The number of methoxy groups -OCH3 is 1. The molecule has 1 aromatic heterocycles. The minimum absolute atomic E-state index is 0.664. The minimum atomic E-state index is 0.664. The normalized spacial score (nSPS) is 22.3. The molecule has 78 valence electrons. The Morgan fingerprint density at radius 3 is 3.07 bits per heavy atom. The Morgan fingerprint density at radius 2 is 2.43 bits per heavy atom. The first-order chi connectivity index (χ1) is 6.81. The Hall–Kier alpha value is -0.540. The predicted octanol–water partition coefficient (Wildman–Crippen LogP) is 2.53. The fourth-order valence-corrected chi connectivity index (χ4v) is 3.15. The second-order valence-electron chi connectivity index (χ2n) is 3.83. The average Bonchev–Trinajstić information content (AvgIpc) is 2.61. The van der Waals surface area contributed by atoms with Crippen molar-refractivity contribution in [1.29, 1.82) is 0 Å². The number of hydrogen-bond acceptors (Lipinski definition) is 3. The fourth-order valence-electron chi connectivity index (χ4n) is 2.03. The third-order valence-electron chi connectivity index (χ3n) is 2.74. The molecule has 0 aliphatic carbocycles. The van der Waals surface area contributed by atoms with Gasteiger partial charge in [-0.3, -0.25) is 0 Å². The number of piperidine rings is 1. The van der Waals surface area contributed by atoms with Gasteiger partial charge in [0, 0.05) is 17.3 Å². The first-order valence-electron chi connectivity index (χ1n) is 5.16. The van der Waals surface area contributed by atoms with Crippen LogP contribution in [0.1, 0.15) is 28.5 Å². The van der Waals surface area contributed by atoms with Gasteiger partial charge in [-0.05, 0) is 32.4 Å². The van der Waals surface area contributed by atoms with Crippen LogP contribution in [0.5, 0.6) is 5.75 Å². The molecule has 0 amide bonds. The monoisotopic (exact) mass is 211 g/mol. The molecule has 0 bridgehead atoms. The van der Waals surface area contributed by atoms with Crippen molar-refractivity contribution in [3.63, 3.8) is 0 Å². The highest BCUT2D eigenvalue weighted by atomic mass is 32.1. The van der Waals surface area contributed by atoms with Crippen molar-refractivity contribution in [2.75, 3.05) is 20.2 Å². The van der Waals surface area contributed by atoms with Gasteiger partial charge in [0.1, 0.15) is 5.75 Å². The van der Waals surface area contributed by atoms with Gasteiger partial charge in [-0.15, -0.1) is 11.3 Å². The van der Waals surface area contributed by atoms with E-state index in [1.54, 1.807) is 7.11 Å². The summed E-state index contributed by atoms with van der Waals surface area (Å²) >= 11 is 1.88. The van der Waals surface area contributed by atoms with Gasteiger partial charge < -0.3 is 10.1 Å². The third kappa shape index (κ3) is 1.93. The SMILES string of the molecule is COc1cc(C)sc1C1CCCNC1. The van der Waals surface area contributed by atoms with Gasteiger partial charge in [0.15, 0.2) is 0 Å². The number of rotatable bonds is 2. The Kier molecular flexibility index (Phi) is 3.08. The van der Waals surface area contributed by atoms with Crippen molar-refractivity contribution in [3.8, 4) is 5.75 Å². The van der Waals surface area contributed by atoms with Crippen LogP contribution < -0.4 is 10.1 Å². The molecule has 1 aromatic rings. The summed E-state index contributed by atoms with van der Waals surface area (Å²) in [7, 11) is 1.77. The standard InChI is InChI=1S/C11H17NOS/c1-8-6-10(13-2)11(14-8)9-4-3-5-12-7-9/h6,9,12H,3-5,7H2,1-2H3. The Labute approximate surface area is 89.3 Å². The zero-order chi connectivity index (χ0) is 9.97. The average molecular weight is 211 g/mol. The lowest BCUT2D eigenvalue weighted by Gasteiger charge is -2.22. The molecule has 2 nitrogen and oxygen atoms in total. The minimum Gasteiger partial charge on any atom is -0.496 e. The lowest BCUT2D eigenvalue weighted by Crippen LogP contribution is -2.28. The van der Waals surface area contributed by atoms with Crippen LogP contribution in [-0.2, 0) is 0 Å².